The van der Waals surface area contributed by atoms with Crippen LogP contribution in [0.1, 0.15) is 64.7 Å². The largest absolute Gasteiger partial charge is 0.378 e. The molecule has 0 aromatic carbocycles. The van der Waals surface area contributed by atoms with Crippen LogP contribution in [-0.4, -0.2) is 25.8 Å². The van der Waals surface area contributed by atoms with E-state index in [0.29, 0.717) is 6.10 Å². The van der Waals surface area contributed by atoms with E-state index >= 15 is 0 Å². The van der Waals surface area contributed by atoms with E-state index in [-0.39, 0.29) is 0 Å². The third-order valence-electron chi connectivity index (χ3n) is 4.86. The Hall–Kier alpha value is -0.0800. The van der Waals surface area contributed by atoms with Gasteiger partial charge < -0.3 is 10.1 Å². The molecule has 3 unspecified atom stereocenters. The molecule has 1 saturated carbocycles. The molecule has 106 valence electrons. The van der Waals surface area contributed by atoms with Crippen LogP contribution in [0.3, 0.4) is 0 Å². The molecule has 1 aliphatic carbocycles. The van der Waals surface area contributed by atoms with E-state index in [1.54, 1.807) is 0 Å². The first kappa shape index (κ1) is 14.3. The van der Waals surface area contributed by atoms with Gasteiger partial charge >= 0.3 is 0 Å². The van der Waals surface area contributed by atoms with Crippen LogP contribution in [0.4, 0.5) is 0 Å². The maximum atomic E-state index is 5.78. The van der Waals surface area contributed by atoms with Gasteiger partial charge in [-0.3, -0.25) is 0 Å². The Morgan fingerprint density at radius 1 is 0.944 bits per heavy atom. The van der Waals surface area contributed by atoms with E-state index in [1.165, 1.54) is 64.3 Å². The van der Waals surface area contributed by atoms with Crippen molar-refractivity contribution < 1.29 is 4.74 Å². The maximum absolute atomic E-state index is 5.78. The van der Waals surface area contributed by atoms with Crippen LogP contribution in [-0.2, 0) is 4.74 Å². The summed E-state index contributed by atoms with van der Waals surface area (Å²) < 4.78 is 5.78. The first-order chi connectivity index (χ1) is 8.90. The Balaban J connectivity index is 1.76. The van der Waals surface area contributed by atoms with Gasteiger partial charge in [-0.25, -0.2) is 0 Å². The Bertz CT molecular complexity index is 213. The summed E-state index contributed by atoms with van der Waals surface area (Å²) in [6.45, 7) is 5.59. The van der Waals surface area contributed by atoms with Gasteiger partial charge in [0.2, 0.25) is 0 Å². The minimum atomic E-state index is 0.591. The molecule has 2 aliphatic rings. The molecule has 1 aliphatic heterocycles. The first-order valence-corrected chi connectivity index (χ1v) is 8.22. The zero-order valence-electron chi connectivity index (χ0n) is 12.1. The van der Waals surface area contributed by atoms with Crippen molar-refractivity contribution in [2.75, 3.05) is 19.7 Å². The van der Waals surface area contributed by atoms with Gasteiger partial charge in [0.25, 0.3) is 0 Å². The molecule has 0 amide bonds. The molecule has 1 saturated heterocycles. The average Bonchev–Trinajstić information content (AvgIpc) is 2.80. The van der Waals surface area contributed by atoms with Crippen molar-refractivity contribution in [3.8, 4) is 0 Å². The Morgan fingerprint density at radius 2 is 1.78 bits per heavy atom. The van der Waals surface area contributed by atoms with Gasteiger partial charge in [0.1, 0.15) is 0 Å². The lowest BCUT2D eigenvalue weighted by Crippen LogP contribution is -2.28. The van der Waals surface area contributed by atoms with Crippen molar-refractivity contribution in [1.82, 2.24) is 5.32 Å². The molecule has 2 nitrogen and oxygen atoms in total. The Labute approximate surface area is 113 Å². The molecule has 0 aromatic heterocycles. The molecule has 1 N–H and O–H groups in total. The summed E-state index contributed by atoms with van der Waals surface area (Å²) >= 11 is 0. The second kappa shape index (κ2) is 8.16. The molecule has 0 aromatic rings. The van der Waals surface area contributed by atoms with Crippen LogP contribution in [0.15, 0.2) is 0 Å². The quantitative estimate of drug-likeness (QED) is 0.728. The first-order valence-electron chi connectivity index (χ1n) is 8.22. The van der Waals surface area contributed by atoms with E-state index in [9.17, 15) is 0 Å². The SMILES string of the molecule is CCNCC1CCCCCC1CCC1CCCO1. The van der Waals surface area contributed by atoms with Gasteiger partial charge in [-0.2, -0.15) is 0 Å². The molecule has 2 fully saturated rings. The zero-order valence-corrected chi connectivity index (χ0v) is 12.1. The van der Waals surface area contributed by atoms with Crippen molar-refractivity contribution in [2.45, 2.75) is 70.8 Å². The van der Waals surface area contributed by atoms with Crippen LogP contribution in [0.25, 0.3) is 0 Å². The van der Waals surface area contributed by atoms with Crippen molar-refractivity contribution in [2.24, 2.45) is 11.8 Å². The minimum Gasteiger partial charge on any atom is -0.378 e. The number of rotatable bonds is 6. The van der Waals surface area contributed by atoms with Gasteiger partial charge in [0.15, 0.2) is 0 Å². The Morgan fingerprint density at radius 3 is 2.50 bits per heavy atom. The molecular formula is C16H31NO. The summed E-state index contributed by atoms with van der Waals surface area (Å²) in [5, 5.41) is 3.57. The molecule has 2 rings (SSSR count). The maximum Gasteiger partial charge on any atom is 0.0576 e. The van der Waals surface area contributed by atoms with Gasteiger partial charge in [0.05, 0.1) is 6.10 Å². The van der Waals surface area contributed by atoms with Crippen LogP contribution in [0, 0.1) is 11.8 Å². The number of nitrogens with one attached hydrogen (secondary N) is 1. The smallest absolute Gasteiger partial charge is 0.0576 e. The summed E-state index contributed by atoms with van der Waals surface area (Å²) in [4.78, 5) is 0. The predicted octanol–water partition coefficient (Wildman–Crippen LogP) is 3.75. The lowest BCUT2D eigenvalue weighted by molar-refractivity contribution is 0.0935. The highest BCUT2D eigenvalue weighted by atomic mass is 16.5. The number of hydrogen-bond donors (Lipinski definition) is 1. The summed E-state index contributed by atoms with van der Waals surface area (Å²) in [7, 11) is 0. The lowest BCUT2D eigenvalue weighted by Gasteiger charge is -2.26. The fraction of sp³-hybridized carbons (Fsp3) is 1.00. The zero-order chi connectivity index (χ0) is 12.6. The standard InChI is InChI=1S/C16H31NO/c1-2-17-13-15-8-5-3-4-7-14(15)10-11-16-9-6-12-18-16/h14-17H,2-13H2,1H3. The van der Waals surface area contributed by atoms with Gasteiger partial charge in [-0.15, -0.1) is 0 Å². The Kier molecular flexibility index (Phi) is 6.50. The summed E-state index contributed by atoms with van der Waals surface area (Å²) in [6.07, 6.45) is 13.2. The van der Waals surface area contributed by atoms with Crippen molar-refractivity contribution in [3.05, 3.63) is 0 Å². The minimum absolute atomic E-state index is 0.591. The predicted molar refractivity (Wildman–Crippen MR) is 76.8 cm³/mol. The van der Waals surface area contributed by atoms with Gasteiger partial charge in [-0.1, -0.05) is 32.6 Å². The third-order valence-corrected chi connectivity index (χ3v) is 4.86. The number of hydrogen-bond acceptors (Lipinski definition) is 2. The fourth-order valence-electron chi connectivity index (χ4n) is 3.71. The number of ether oxygens (including phenoxy) is 1. The van der Waals surface area contributed by atoms with Crippen LogP contribution < -0.4 is 5.32 Å². The molecule has 0 spiro atoms. The third kappa shape index (κ3) is 4.55. The van der Waals surface area contributed by atoms with Crippen LogP contribution >= 0.6 is 0 Å². The molecule has 1 heterocycles. The second-order valence-corrected chi connectivity index (χ2v) is 6.18. The highest BCUT2D eigenvalue weighted by Gasteiger charge is 2.25. The van der Waals surface area contributed by atoms with Crippen LogP contribution in [0.5, 0.6) is 0 Å². The average molecular weight is 253 g/mol. The lowest BCUT2D eigenvalue weighted by atomic mass is 9.83. The molecule has 0 radical (unpaired) electrons. The molecule has 18 heavy (non-hydrogen) atoms. The molecule has 3 atom stereocenters. The summed E-state index contributed by atoms with van der Waals surface area (Å²) in [6, 6.07) is 0. The fourth-order valence-corrected chi connectivity index (χ4v) is 3.71. The van der Waals surface area contributed by atoms with E-state index in [1.807, 2.05) is 0 Å². The van der Waals surface area contributed by atoms with Gasteiger partial charge in [-0.05, 0) is 57.0 Å². The molecular weight excluding hydrogens is 222 g/mol. The molecule has 2 heteroatoms. The molecule has 0 bridgehead atoms. The van der Waals surface area contributed by atoms with E-state index in [2.05, 4.69) is 12.2 Å². The van der Waals surface area contributed by atoms with Crippen molar-refractivity contribution in [3.63, 3.8) is 0 Å². The monoisotopic (exact) mass is 253 g/mol. The van der Waals surface area contributed by atoms with E-state index in [4.69, 9.17) is 4.74 Å². The highest BCUT2D eigenvalue weighted by molar-refractivity contribution is 4.77. The van der Waals surface area contributed by atoms with Gasteiger partial charge in [0, 0.05) is 6.61 Å². The van der Waals surface area contributed by atoms with E-state index in [0.717, 1.165) is 25.0 Å². The normalized spacial score (nSPS) is 33.5. The second-order valence-electron chi connectivity index (χ2n) is 6.18. The van der Waals surface area contributed by atoms with E-state index < -0.39 is 0 Å². The summed E-state index contributed by atoms with van der Waals surface area (Å²) in [5.74, 6) is 1.88. The summed E-state index contributed by atoms with van der Waals surface area (Å²) in [5.41, 5.74) is 0. The topological polar surface area (TPSA) is 21.3 Å². The van der Waals surface area contributed by atoms with Crippen molar-refractivity contribution in [1.29, 1.82) is 0 Å². The highest BCUT2D eigenvalue weighted by Crippen LogP contribution is 2.33. The van der Waals surface area contributed by atoms with Crippen LogP contribution in [0.2, 0.25) is 0 Å². The van der Waals surface area contributed by atoms with Crippen molar-refractivity contribution >= 4 is 0 Å².